The van der Waals surface area contributed by atoms with Crippen molar-refractivity contribution in [2.75, 3.05) is 6.54 Å². The first-order valence-electron chi connectivity index (χ1n) is 6.89. The highest BCUT2D eigenvalue weighted by atomic mass is 35.5. The highest BCUT2D eigenvalue weighted by Gasteiger charge is 2.18. The molecule has 2 nitrogen and oxygen atoms in total. The molecule has 4 heteroatoms. The van der Waals surface area contributed by atoms with Gasteiger partial charge in [-0.1, -0.05) is 25.4 Å². The zero-order valence-corrected chi connectivity index (χ0v) is 12.5. The summed E-state index contributed by atoms with van der Waals surface area (Å²) in [4.78, 5) is 0. The maximum Gasteiger partial charge on any atom is 0.126 e. The molecule has 0 amide bonds. The summed E-state index contributed by atoms with van der Waals surface area (Å²) in [6, 6.07) is 6.65. The lowest BCUT2D eigenvalue weighted by Gasteiger charge is -2.18. The second-order valence-electron chi connectivity index (χ2n) is 4.70. The van der Waals surface area contributed by atoms with Gasteiger partial charge < -0.3 is 9.73 Å². The fourth-order valence-electron chi connectivity index (χ4n) is 2.41. The van der Waals surface area contributed by atoms with E-state index in [1.54, 1.807) is 18.4 Å². The van der Waals surface area contributed by atoms with Gasteiger partial charge in [0.05, 0.1) is 6.26 Å². The molecule has 1 unspecified atom stereocenters. The van der Waals surface area contributed by atoms with Crippen LogP contribution in [0.15, 0.2) is 34.9 Å². The average Bonchev–Trinajstić information content (AvgIpc) is 2.90. The Morgan fingerprint density at radius 1 is 1.30 bits per heavy atom. The Morgan fingerprint density at radius 3 is 2.80 bits per heavy atom. The molecule has 2 rings (SSSR count). The number of halogens is 2. The minimum absolute atomic E-state index is 0.0293. The molecule has 1 aromatic carbocycles. The first-order chi connectivity index (χ1) is 9.65. The summed E-state index contributed by atoms with van der Waals surface area (Å²) < 4.78 is 19.4. The van der Waals surface area contributed by atoms with Crippen LogP contribution in [0.3, 0.4) is 0 Å². The highest BCUT2D eigenvalue weighted by Crippen LogP contribution is 2.26. The third-order valence-electron chi connectivity index (χ3n) is 3.36. The monoisotopic (exact) mass is 295 g/mol. The Bertz CT molecular complexity index is 567. The van der Waals surface area contributed by atoms with Gasteiger partial charge in [-0.25, -0.2) is 4.39 Å². The van der Waals surface area contributed by atoms with E-state index in [0.29, 0.717) is 17.0 Å². The molecule has 1 aromatic heterocycles. The van der Waals surface area contributed by atoms with Crippen molar-refractivity contribution in [2.45, 2.75) is 32.7 Å². The fourth-order valence-corrected chi connectivity index (χ4v) is 2.60. The smallest absolute Gasteiger partial charge is 0.126 e. The molecule has 1 atom stereocenters. The SMILES string of the molecule is CCNC(Cc1cc(Cl)ccc1F)c1ccoc1CC. The van der Waals surface area contributed by atoms with Gasteiger partial charge in [0.2, 0.25) is 0 Å². The third-order valence-corrected chi connectivity index (χ3v) is 3.59. The van der Waals surface area contributed by atoms with Gasteiger partial charge in [-0.2, -0.15) is 0 Å². The number of hydrogen-bond donors (Lipinski definition) is 1. The molecule has 0 radical (unpaired) electrons. The number of benzene rings is 1. The van der Waals surface area contributed by atoms with Crippen LogP contribution in [0.25, 0.3) is 0 Å². The van der Waals surface area contributed by atoms with Gasteiger partial charge in [0.15, 0.2) is 0 Å². The highest BCUT2D eigenvalue weighted by molar-refractivity contribution is 6.30. The lowest BCUT2D eigenvalue weighted by molar-refractivity contribution is 0.482. The predicted octanol–water partition coefficient (Wildman–Crippen LogP) is 4.53. The summed E-state index contributed by atoms with van der Waals surface area (Å²) in [5, 5.41) is 3.94. The van der Waals surface area contributed by atoms with Crippen molar-refractivity contribution in [3.8, 4) is 0 Å². The topological polar surface area (TPSA) is 25.2 Å². The van der Waals surface area contributed by atoms with Crippen molar-refractivity contribution in [3.05, 3.63) is 58.3 Å². The molecular formula is C16H19ClFNO. The van der Waals surface area contributed by atoms with Gasteiger partial charge >= 0.3 is 0 Å². The fraction of sp³-hybridized carbons (Fsp3) is 0.375. The van der Waals surface area contributed by atoms with Gasteiger partial charge in [-0.3, -0.25) is 0 Å². The molecule has 0 saturated heterocycles. The second kappa shape index (κ2) is 6.91. The Balaban J connectivity index is 2.27. The molecule has 0 spiro atoms. The zero-order chi connectivity index (χ0) is 14.5. The van der Waals surface area contributed by atoms with E-state index in [4.69, 9.17) is 16.0 Å². The number of aryl methyl sites for hydroxylation is 1. The number of nitrogens with one attached hydrogen (secondary N) is 1. The van der Waals surface area contributed by atoms with E-state index in [2.05, 4.69) is 5.32 Å². The lowest BCUT2D eigenvalue weighted by Crippen LogP contribution is -2.23. The molecule has 0 aliphatic heterocycles. The first kappa shape index (κ1) is 15.1. The van der Waals surface area contributed by atoms with E-state index in [0.717, 1.165) is 24.3 Å². The van der Waals surface area contributed by atoms with Crippen molar-refractivity contribution in [1.82, 2.24) is 5.32 Å². The summed E-state index contributed by atoms with van der Waals surface area (Å²) in [7, 11) is 0. The van der Waals surface area contributed by atoms with Gasteiger partial charge in [0, 0.05) is 23.0 Å². The second-order valence-corrected chi connectivity index (χ2v) is 5.14. The maximum absolute atomic E-state index is 13.9. The molecule has 0 aliphatic rings. The molecule has 108 valence electrons. The summed E-state index contributed by atoms with van der Waals surface area (Å²) in [6.45, 7) is 4.89. The summed E-state index contributed by atoms with van der Waals surface area (Å²) in [5.41, 5.74) is 1.71. The molecule has 0 fully saturated rings. The van der Waals surface area contributed by atoms with Crippen LogP contribution in [0.5, 0.6) is 0 Å². The molecule has 2 aromatic rings. The van der Waals surface area contributed by atoms with Crippen LogP contribution < -0.4 is 5.32 Å². The van der Waals surface area contributed by atoms with E-state index < -0.39 is 0 Å². The van der Waals surface area contributed by atoms with Crippen LogP contribution in [0.1, 0.15) is 36.8 Å². The van der Waals surface area contributed by atoms with E-state index in [9.17, 15) is 4.39 Å². The average molecular weight is 296 g/mol. The minimum atomic E-state index is -0.223. The van der Waals surface area contributed by atoms with Crippen LogP contribution in [0.4, 0.5) is 4.39 Å². The predicted molar refractivity (Wildman–Crippen MR) is 79.6 cm³/mol. The van der Waals surface area contributed by atoms with Gasteiger partial charge in [-0.15, -0.1) is 0 Å². The third kappa shape index (κ3) is 3.41. The molecule has 0 aliphatic carbocycles. The number of furan rings is 1. The summed E-state index contributed by atoms with van der Waals surface area (Å²) in [6.07, 6.45) is 3.06. The van der Waals surface area contributed by atoms with Crippen LogP contribution in [0, 0.1) is 5.82 Å². The van der Waals surface area contributed by atoms with E-state index >= 15 is 0 Å². The van der Waals surface area contributed by atoms with Crippen LogP contribution in [0.2, 0.25) is 5.02 Å². The van der Waals surface area contributed by atoms with Gasteiger partial charge in [-0.05, 0) is 42.8 Å². The molecule has 20 heavy (non-hydrogen) atoms. The Hall–Kier alpha value is -1.32. The summed E-state index contributed by atoms with van der Waals surface area (Å²) >= 11 is 5.96. The van der Waals surface area contributed by atoms with E-state index in [-0.39, 0.29) is 11.9 Å². The van der Waals surface area contributed by atoms with Crippen LogP contribution in [-0.4, -0.2) is 6.54 Å². The van der Waals surface area contributed by atoms with Gasteiger partial charge in [0.25, 0.3) is 0 Å². The van der Waals surface area contributed by atoms with Crippen molar-refractivity contribution in [2.24, 2.45) is 0 Å². The largest absolute Gasteiger partial charge is 0.469 e. The molecule has 1 N–H and O–H groups in total. The zero-order valence-electron chi connectivity index (χ0n) is 11.7. The Morgan fingerprint density at radius 2 is 2.10 bits per heavy atom. The Kier molecular flexibility index (Phi) is 5.21. The maximum atomic E-state index is 13.9. The van der Waals surface area contributed by atoms with E-state index in [1.165, 1.54) is 6.07 Å². The van der Waals surface area contributed by atoms with Gasteiger partial charge in [0.1, 0.15) is 11.6 Å². The van der Waals surface area contributed by atoms with Crippen molar-refractivity contribution >= 4 is 11.6 Å². The lowest BCUT2D eigenvalue weighted by atomic mass is 9.98. The normalized spacial score (nSPS) is 12.6. The van der Waals surface area contributed by atoms with Crippen molar-refractivity contribution in [1.29, 1.82) is 0 Å². The molecule has 0 saturated carbocycles. The van der Waals surface area contributed by atoms with Crippen LogP contribution in [-0.2, 0) is 12.8 Å². The Labute approximate surface area is 123 Å². The molecule has 1 heterocycles. The molecular weight excluding hydrogens is 277 g/mol. The number of likely N-dealkylation sites (N-methyl/N-ethyl adjacent to an activating group) is 1. The van der Waals surface area contributed by atoms with Crippen LogP contribution >= 0.6 is 11.6 Å². The van der Waals surface area contributed by atoms with Crippen molar-refractivity contribution < 1.29 is 8.81 Å². The first-order valence-corrected chi connectivity index (χ1v) is 7.27. The quantitative estimate of drug-likeness (QED) is 0.847. The summed E-state index contributed by atoms with van der Waals surface area (Å²) in [5.74, 6) is 0.720. The van der Waals surface area contributed by atoms with Crippen molar-refractivity contribution in [3.63, 3.8) is 0 Å². The standard InChI is InChI=1S/C16H19ClFNO/c1-3-16-13(7-8-20-16)15(19-4-2)10-11-9-12(17)5-6-14(11)18/h5-9,15,19H,3-4,10H2,1-2H3. The molecule has 0 bridgehead atoms. The van der Waals surface area contributed by atoms with E-state index in [1.807, 2.05) is 19.9 Å². The number of rotatable bonds is 6. The minimum Gasteiger partial charge on any atom is -0.469 e. The number of hydrogen-bond acceptors (Lipinski definition) is 2.